The Bertz CT molecular complexity index is 911. The van der Waals surface area contributed by atoms with Crippen LogP contribution in [0.3, 0.4) is 0 Å². The third kappa shape index (κ3) is 4.94. The van der Waals surface area contributed by atoms with E-state index in [9.17, 15) is 18.0 Å². The molecule has 0 aliphatic heterocycles. The lowest BCUT2D eigenvalue weighted by Crippen LogP contribution is -2.22. The Balaban J connectivity index is 2.06. The molecule has 2 aromatic carbocycles. The van der Waals surface area contributed by atoms with Crippen LogP contribution in [0.4, 0.5) is 11.4 Å². The van der Waals surface area contributed by atoms with Crippen molar-refractivity contribution >= 4 is 44.6 Å². The van der Waals surface area contributed by atoms with Crippen molar-refractivity contribution in [3.8, 4) is 0 Å². The van der Waals surface area contributed by atoms with Crippen LogP contribution in [0.1, 0.15) is 10.4 Å². The maximum absolute atomic E-state index is 12.0. The van der Waals surface area contributed by atoms with Crippen molar-refractivity contribution in [3.05, 3.63) is 53.1 Å². The van der Waals surface area contributed by atoms with Gasteiger partial charge in [-0.2, -0.15) is 0 Å². The Kier molecular flexibility index (Phi) is 5.66. The van der Waals surface area contributed by atoms with Gasteiger partial charge in [-0.1, -0.05) is 17.7 Å². The average molecular weight is 382 g/mol. The van der Waals surface area contributed by atoms with E-state index < -0.39 is 21.7 Å². The molecule has 2 rings (SSSR count). The van der Waals surface area contributed by atoms with Gasteiger partial charge in [0.25, 0.3) is 0 Å². The highest BCUT2D eigenvalue weighted by Crippen LogP contribution is 2.29. The Morgan fingerprint density at radius 1 is 1.12 bits per heavy atom. The van der Waals surface area contributed by atoms with Gasteiger partial charge in [0.1, 0.15) is 4.90 Å². The smallest absolute Gasteiger partial charge is 0.248 e. The van der Waals surface area contributed by atoms with Gasteiger partial charge >= 0.3 is 0 Å². The maximum Gasteiger partial charge on any atom is 0.248 e. The number of hydrogen-bond donors (Lipinski definition) is 3. The number of amides is 2. The molecule has 0 spiro atoms. The van der Waals surface area contributed by atoms with Gasteiger partial charge in [0.2, 0.25) is 11.8 Å². The summed E-state index contributed by atoms with van der Waals surface area (Å²) in [6.45, 7) is -0.166. The summed E-state index contributed by atoms with van der Waals surface area (Å²) < 4.78 is 23.7. The first-order chi connectivity index (χ1) is 11.7. The number of halogens is 1. The van der Waals surface area contributed by atoms with Crippen LogP contribution in [0, 0.1) is 0 Å². The Morgan fingerprint density at radius 2 is 1.76 bits per heavy atom. The molecule has 2 amide bonds. The van der Waals surface area contributed by atoms with Crippen molar-refractivity contribution in [2.75, 3.05) is 23.4 Å². The molecule has 0 aliphatic carbocycles. The fourth-order valence-electron chi connectivity index (χ4n) is 2.12. The normalized spacial score (nSPS) is 11.0. The molecule has 2 aromatic rings. The van der Waals surface area contributed by atoms with Crippen LogP contribution >= 0.6 is 11.6 Å². The molecular weight excluding hydrogens is 366 g/mol. The van der Waals surface area contributed by atoms with Gasteiger partial charge in [-0.25, -0.2) is 8.42 Å². The minimum Gasteiger partial charge on any atom is -0.375 e. The number of nitrogens with one attached hydrogen (secondary N) is 2. The van der Waals surface area contributed by atoms with Crippen LogP contribution in [0.25, 0.3) is 0 Å². The van der Waals surface area contributed by atoms with E-state index in [1.165, 1.54) is 24.3 Å². The van der Waals surface area contributed by atoms with Crippen LogP contribution in [-0.4, -0.2) is 33.0 Å². The topological polar surface area (TPSA) is 118 Å². The van der Waals surface area contributed by atoms with Gasteiger partial charge in [-0.3, -0.25) is 9.59 Å². The van der Waals surface area contributed by atoms with E-state index in [1.807, 2.05) is 0 Å². The number of benzene rings is 2. The Labute approximate surface area is 150 Å². The summed E-state index contributed by atoms with van der Waals surface area (Å²) in [4.78, 5) is 22.9. The van der Waals surface area contributed by atoms with Gasteiger partial charge < -0.3 is 16.4 Å². The standard InChI is InChI=1S/C16H16ClN3O4S/c1-25(23,24)15-12(17)3-2-4-13(15)19-9-14(21)20-11-7-5-10(6-8-11)16(18)22/h2-8,19H,9H2,1H3,(H2,18,22)(H,20,21). The summed E-state index contributed by atoms with van der Waals surface area (Å²) in [6.07, 6.45) is 1.04. The molecule has 0 aromatic heterocycles. The molecule has 0 bridgehead atoms. The second-order valence-electron chi connectivity index (χ2n) is 5.23. The molecule has 0 aliphatic rings. The van der Waals surface area contributed by atoms with Crippen molar-refractivity contribution in [2.45, 2.75) is 4.90 Å². The molecule has 0 radical (unpaired) electrons. The molecule has 0 fully saturated rings. The molecule has 25 heavy (non-hydrogen) atoms. The third-order valence-corrected chi connectivity index (χ3v) is 4.84. The number of nitrogens with two attached hydrogens (primary N) is 1. The lowest BCUT2D eigenvalue weighted by molar-refractivity contribution is -0.114. The van der Waals surface area contributed by atoms with E-state index in [1.54, 1.807) is 18.2 Å². The second-order valence-corrected chi connectivity index (χ2v) is 7.59. The van der Waals surface area contributed by atoms with Crippen molar-refractivity contribution < 1.29 is 18.0 Å². The molecule has 4 N–H and O–H groups in total. The van der Waals surface area contributed by atoms with E-state index >= 15 is 0 Å². The average Bonchev–Trinajstić information content (AvgIpc) is 2.52. The second kappa shape index (κ2) is 7.54. The van der Waals surface area contributed by atoms with Gasteiger partial charge in [0.15, 0.2) is 9.84 Å². The van der Waals surface area contributed by atoms with Gasteiger partial charge in [-0.05, 0) is 36.4 Å². The minimum absolute atomic E-state index is 0.0599. The molecule has 9 heteroatoms. The molecule has 0 unspecified atom stereocenters. The largest absolute Gasteiger partial charge is 0.375 e. The fourth-order valence-corrected chi connectivity index (χ4v) is 3.68. The van der Waals surface area contributed by atoms with Crippen LogP contribution in [0.2, 0.25) is 5.02 Å². The minimum atomic E-state index is -3.55. The molecule has 0 saturated carbocycles. The third-order valence-electron chi connectivity index (χ3n) is 3.23. The van der Waals surface area contributed by atoms with E-state index in [0.29, 0.717) is 11.3 Å². The lowest BCUT2D eigenvalue weighted by atomic mass is 10.2. The van der Waals surface area contributed by atoms with Crippen LogP contribution in [0.15, 0.2) is 47.4 Å². The highest BCUT2D eigenvalue weighted by atomic mass is 35.5. The zero-order valence-corrected chi connectivity index (χ0v) is 14.8. The molecule has 132 valence electrons. The summed E-state index contributed by atoms with van der Waals surface area (Å²) in [7, 11) is -3.55. The van der Waals surface area contributed by atoms with Crippen LogP contribution in [-0.2, 0) is 14.6 Å². The van der Waals surface area contributed by atoms with E-state index in [0.717, 1.165) is 6.26 Å². The summed E-state index contributed by atoms with van der Waals surface area (Å²) in [6, 6.07) is 10.6. The van der Waals surface area contributed by atoms with Crippen LogP contribution in [0.5, 0.6) is 0 Å². The zero-order valence-electron chi connectivity index (χ0n) is 13.2. The first-order valence-corrected chi connectivity index (χ1v) is 9.37. The van der Waals surface area contributed by atoms with E-state index in [-0.39, 0.29) is 22.2 Å². The number of carbonyl (C=O) groups excluding carboxylic acids is 2. The molecule has 0 saturated heterocycles. The zero-order chi connectivity index (χ0) is 18.6. The van der Waals surface area contributed by atoms with Crippen LogP contribution < -0.4 is 16.4 Å². The monoisotopic (exact) mass is 381 g/mol. The summed E-state index contributed by atoms with van der Waals surface area (Å²) in [5.74, 6) is -0.958. The molecule has 7 nitrogen and oxygen atoms in total. The highest BCUT2D eigenvalue weighted by Gasteiger charge is 2.17. The molecule has 0 atom stereocenters. The summed E-state index contributed by atoms with van der Waals surface area (Å²) in [5.41, 5.74) is 6.19. The lowest BCUT2D eigenvalue weighted by Gasteiger charge is -2.12. The SMILES string of the molecule is CS(=O)(=O)c1c(Cl)cccc1NCC(=O)Nc1ccc(C(N)=O)cc1. The Hall–Kier alpha value is -2.58. The van der Waals surface area contributed by atoms with Gasteiger partial charge in [0, 0.05) is 17.5 Å². The maximum atomic E-state index is 12.0. The number of primary amides is 1. The predicted octanol–water partition coefficient (Wildman–Crippen LogP) is 1.89. The predicted molar refractivity (Wildman–Crippen MR) is 96.6 cm³/mol. The first-order valence-electron chi connectivity index (χ1n) is 7.10. The summed E-state index contributed by atoms with van der Waals surface area (Å²) >= 11 is 5.94. The van der Waals surface area contributed by atoms with Crippen molar-refractivity contribution in [1.29, 1.82) is 0 Å². The van der Waals surface area contributed by atoms with Crippen molar-refractivity contribution in [2.24, 2.45) is 5.73 Å². The molecular formula is C16H16ClN3O4S. The molecule has 0 heterocycles. The number of carbonyl (C=O) groups is 2. The van der Waals surface area contributed by atoms with E-state index in [4.69, 9.17) is 17.3 Å². The number of anilines is 2. The fraction of sp³-hybridized carbons (Fsp3) is 0.125. The van der Waals surface area contributed by atoms with Crippen molar-refractivity contribution in [3.63, 3.8) is 0 Å². The Morgan fingerprint density at radius 3 is 2.32 bits per heavy atom. The number of hydrogen-bond acceptors (Lipinski definition) is 5. The van der Waals surface area contributed by atoms with E-state index in [2.05, 4.69) is 10.6 Å². The number of sulfone groups is 1. The van der Waals surface area contributed by atoms with Gasteiger partial charge in [0.05, 0.1) is 17.3 Å². The first kappa shape index (κ1) is 18.8. The number of rotatable bonds is 6. The quantitative estimate of drug-likeness (QED) is 0.706. The van der Waals surface area contributed by atoms with Gasteiger partial charge in [-0.15, -0.1) is 0 Å². The highest BCUT2D eigenvalue weighted by molar-refractivity contribution is 7.91. The van der Waals surface area contributed by atoms with Crippen molar-refractivity contribution in [1.82, 2.24) is 0 Å². The summed E-state index contributed by atoms with van der Waals surface area (Å²) in [5, 5.41) is 5.45.